The van der Waals surface area contributed by atoms with Crippen LogP contribution in [0.3, 0.4) is 0 Å². The highest BCUT2D eigenvalue weighted by atomic mass is 79.9. The van der Waals surface area contributed by atoms with Crippen molar-refractivity contribution in [1.82, 2.24) is 9.97 Å². The van der Waals surface area contributed by atoms with Gasteiger partial charge >= 0.3 is 0 Å². The molecule has 0 bridgehead atoms. The van der Waals surface area contributed by atoms with E-state index in [1.54, 1.807) is 55.8 Å². The van der Waals surface area contributed by atoms with Crippen LogP contribution in [0.5, 0.6) is 11.5 Å². The third-order valence-corrected chi connectivity index (χ3v) is 6.51. The average Bonchev–Trinajstić information content (AvgIpc) is 3.24. The number of halogens is 2. The number of methoxy groups -OCH3 is 2. The summed E-state index contributed by atoms with van der Waals surface area (Å²) in [5, 5.41) is 0.864. The summed E-state index contributed by atoms with van der Waals surface area (Å²) in [6, 6.07) is 12.5. The minimum atomic E-state index is -0.271. The van der Waals surface area contributed by atoms with E-state index in [1.165, 1.54) is 11.3 Å². The Morgan fingerprint density at radius 3 is 2.65 bits per heavy atom. The van der Waals surface area contributed by atoms with Gasteiger partial charge in [0.25, 0.3) is 5.91 Å². The zero-order valence-electron chi connectivity index (χ0n) is 16.6. The van der Waals surface area contributed by atoms with Gasteiger partial charge < -0.3 is 9.47 Å². The SMILES string of the molecule is COc1ccc(OC)c2sc(N(Cc3cccnc3)C(=O)c3cc(Br)ccc3Cl)nc12. The van der Waals surface area contributed by atoms with Crippen molar-refractivity contribution in [1.29, 1.82) is 0 Å². The van der Waals surface area contributed by atoms with E-state index in [2.05, 4.69) is 20.9 Å². The van der Waals surface area contributed by atoms with Gasteiger partial charge in [0, 0.05) is 16.9 Å². The molecule has 4 rings (SSSR count). The zero-order valence-corrected chi connectivity index (χ0v) is 19.8. The molecule has 0 saturated heterocycles. The molecule has 158 valence electrons. The predicted octanol–water partition coefficient (Wildman–Crippen LogP) is 5.97. The maximum atomic E-state index is 13.6. The number of aromatic nitrogens is 2. The van der Waals surface area contributed by atoms with Crippen molar-refractivity contribution in [2.45, 2.75) is 6.54 Å². The van der Waals surface area contributed by atoms with E-state index in [0.717, 1.165) is 14.7 Å². The lowest BCUT2D eigenvalue weighted by atomic mass is 10.2. The Hall–Kier alpha value is -2.68. The Morgan fingerprint density at radius 1 is 1.16 bits per heavy atom. The first-order valence-electron chi connectivity index (χ1n) is 9.19. The van der Waals surface area contributed by atoms with Crippen LogP contribution in [0.25, 0.3) is 10.2 Å². The minimum absolute atomic E-state index is 0.271. The van der Waals surface area contributed by atoms with Crippen LogP contribution in [0.4, 0.5) is 5.13 Å². The van der Waals surface area contributed by atoms with Crippen LogP contribution < -0.4 is 14.4 Å². The second kappa shape index (κ2) is 9.21. The molecular formula is C22H17BrClN3O3S. The number of benzene rings is 2. The number of carbonyl (C=O) groups is 1. The fourth-order valence-electron chi connectivity index (χ4n) is 3.10. The molecular weight excluding hydrogens is 502 g/mol. The standard InChI is InChI=1S/C22H17BrClN3O3S/c1-29-17-7-8-18(30-2)20-19(17)26-22(31-20)27(12-13-4-3-9-25-11-13)21(28)15-10-14(23)5-6-16(15)24/h3-11H,12H2,1-2H3. The van der Waals surface area contributed by atoms with Crippen molar-refractivity contribution in [3.8, 4) is 11.5 Å². The first-order chi connectivity index (χ1) is 15.0. The molecule has 0 atom stereocenters. The Bertz CT molecular complexity index is 1210. The molecule has 2 aromatic carbocycles. The number of carbonyl (C=O) groups excluding carboxylic acids is 1. The molecule has 4 aromatic rings. The number of pyridine rings is 1. The van der Waals surface area contributed by atoms with Gasteiger partial charge in [-0.25, -0.2) is 4.98 Å². The van der Waals surface area contributed by atoms with E-state index in [0.29, 0.717) is 32.7 Å². The maximum absolute atomic E-state index is 13.6. The molecule has 0 aliphatic heterocycles. The van der Waals surface area contributed by atoms with Crippen LogP contribution in [0.15, 0.2) is 59.3 Å². The molecule has 2 heterocycles. The normalized spacial score (nSPS) is 10.8. The highest BCUT2D eigenvalue weighted by Crippen LogP contribution is 2.41. The number of ether oxygens (including phenoxy) is 2. The molecule has 1 amide bonds. The lowest BCUT2D eigenvalue weighted by Gasteiger charge is -2.20. The predicted molar refractivity (Wildman–Crippen MR) is 127 cm³/mol. The van der Waals surface area contributed by atoms with Gasteiger partial charge in [-0.15, -0.1) is 0 Å². The number of nitrogens with zero attached hydrogens (tertiary/aromatic N) is 3. The van der Waals surface area contributed by atoms with Crippen molar-refractivity contribution in [2.24, 2.45) is 0 Å². The van der Waals surface area contributed by atoms with Crippen LogP contribution in [0, 0.1) is 0 Å². The second-order valence-electron chi connectivity index (χ2n) is 6.52. The molecule has 6 nitrogen and oxygen atoms in total. The van der Waals surface area contributed by atoms with E-state index < -0.39 is 0 Å². The van der Waals surface area contributed by atoms with Crippen molar-refractivity contribution in [3.05, 3.63) is 75.5 Å². The number of hydrogen-bond acceptors (Lipinski definition) is 6. The third kappa shape index (κ3) is 4.37. The van der Waals surface area contributed by atoms with Crippen LogP contribution >= 0.6 is 38.9 Å². The number of amides is 1. The van der Waals surface area contributed by atoms with E-state index in [1.807, 2.05) is 18.2 Å². The summed E-state index contributed by atoms with van der Waals surface area (Å²) in [5.41, 5.74) is 1.87. The van der Waals surface area contributed by atoms with Crippen LogP contribution in [-0.4, -0.2) is 30.1 Å². The second-order valence-corrected chi connectivity index (χ2v) is 8.82. The van der Waals surface area contributed by atoms with Crippen LogP contribution in [0.1, 0.15) is 15.9 Å². The van der Waals surface area contributed by atoms with Crippen molar-refractivity contribution >= 4 is 60.1 Å². The summed E-state index contributed by atoms with van der Waals surface area (Å²) in [7, 11) is 3.18. The molecule has 0 aliphatic carbocycles. The van der Waals surface area contributed by atoms with Gasteiger partial charge in [0.2, 0.25) is 0 Å². The molecule has 9 heteroatoms. The monoisotopic (exact) mass is 517 g/mol. The highest BCUT2D eigenvalue weighted by Gasteiger charge is 2.25. The summed E-state index contributed by atoms with van der Waals surface area (Å²) in [5.74, 6) is 0.994. The molecule has 0 fully saturated rings. The summed E-state index contributed by atoms with van der Waals surface area (Å²) in [4.78, 5) is 24.1. The fourth-order valence-corrected chi connectivity index (χ4v) is 4.73. The lowest BCUT2D eigenvalue weighted by Crippen LogP contribution is -2.30. The minimum Gasteiger partial charge on any atom is -0.495 e. The van der Waals surface area contributed by atoms with Gasteiger partial charge in [-0.2, -0.15) is 0 Å². The first kappa shape index (κ1) is 21.5. The fraction of sp³-hybridized carbons (Fsp3) is 0.136. The summed E-state index contributed by atoms with van der Waals surface area (Å²) in [6.45, 7) is 0.278. The Labute approximate surface area is 196 Å². The van der Waals surface area contributed by atoms with Crippen LogP contribution in [0.2, 0.25) is 5.02 Å². The molecule has 0 aliphatic rings. The van der Waals surface area contributed by atoms with Crippen LogP contribution in [-0.2, 0) is 6.54 Å². The van der Waals surface area contributed by atoms with Gasteiger partial charge in [0.15, 0.2) is 5.13 Å². The first-order valence-corrected chi connectivity index (χ1v) is 11.2. The summed E-state index contributed by atoms with van der Waals surface area (Å²) >= 11 is 11.1. The van der Waals surface area contributed by atoms with Gasteiger partial charge in [-0.05, 0) is 42.0 Å². The zero-order chi connectivity index (χ0) is 22.0. The molecule has 0 spiro atoms. The Kier molecular flexibility index (Phi) is 6.41. The maximum Gasteiger partial charge on any atom is 0.261 e. The topological polar surface area (TPSA) is 64.6 Å². The molecule has 0 N–H and O–H groups in total. The van der Waals surface area contributed by atoms with E-state index in [9.17, 15) is 4.79 Å². The molecule has 31 heavy (non-hydrogen) atoms. The third-order valence-electron chi connectivity index (χ3n) is 4.60. The van der Waals surface area contributed by atoms with Gasteiger partial charge in [-0.1, -0.05) is 44.9 Å². The number of rotatable bonds is 6. The smallest absolute Gasteiger partial charge is 0.261 e. The average molecular weight is 519 g/mol. The Morgan fingerprint density at radius 2 is 1.94 bits per heavy atom. The summed E-state index contributed by atoms with van der Waals surface area (Å²) < 4.78 is 12.5. The van der Waals surface area contributed by atoms with Crippen molar-refractivity contribution in [3.63, 3.8) is 0 Å². The van der Waals surface area contributed by atoms with Gasteiger partial charge in [-0.3, -0.25) is 14.7 Å². The number of hydrogen-bond donors (Lipinski definition) is 0. The number of fused-ring (bicyclic) bond motifs is 1. The largest absolute Gasteiger partial charge is 0.495 e. The number of anilines is 1. The van der Waals surface area contributed by atoms with Crippen molar-refractivity contribution in [2.75, 3.05) is 19.1 Å². The molecule has 0 radical (unpaired) electrons. The Balaban J connectivity index is 1.86. The number of thiazole rings is 1. The molecule has 0 unspecified atom stereocenters. The highest BCUT2D eigenvalue weighted by molar-refractivity contribution is 9.10. The summed E-state index contributed by atoms with van der Waals surface area (Å²) in [6.07, 6.45) is 3.41. The quantitative estimate of drug-likeness (QED) is 0.315. The molecule has 0 saturated carbocycles. The van der Waals surface area contributed by atoms with E-state index >= 15 is 0 Å². The van der Waals surface area contributed by atoms with E-state index in [-0.39, 0.29) is 12.5 Å². The van der Waals surface area contributed by atoms with Crippen molar-refractivity contribution < 1.29 is 14.3 Å². The molecule has 2 aromatic heterocycles. The van der Waals surface area contributed by atoms with Gasteiger partial charge in [0.1, 0.15) is 21.7 Å². The lowest BCUT2D eigenvalue weighted by molar-refractivity contribution is 0.0985. The van der Waals surface area contributed by atoms with E-state index in [4.69, 9.17) is 26.1 Å². The van der Waals surface area contributed by atoms with Gasteiger partial charge in [0.05, 0.1) is 31.4 Å².